The van der Waals surface area contributed by atoms with Gasteiger partial charge in [0.15, 0.2) is 0 Å². The summed E-state index contributed by atoms with van der Waals surface area (Å²) in [7, 11) is 0. The number of aromatic nitrogens is 3. The van der Waals surface area contributed by atoms with E-state index in [0.717, 1.165) is 39.5 Å². The fourth-order valence-electron chi connectivity index (χ4n) is 9.17. The van der Waals surface area contributed by atoms with E-state index in [1.807, 2.05) is 12.3 Å². The lowest BCUT2D eigenvalue weighted by atomic mass is 9.81. The lowest BCUT2D eigenvalue weighted by Crippen LogP contribution is -2.16. The van der Waals surface area contributed by atoms with Crippen LogP contribution in [0.4, 0.5) is 17.1 Å². The van der Waals surface area contributed by atoms with Crippen molar-refractivity contribution in [3.8, 4) is 22.5 Å². The third kappa shape index (κ3) is 4.34. The Kier molecular flexibility index (Phi) is 6.56. The topological polar surface area (TPSA) is 26.0 Å². The molecule has 0 bridgehead atoms. The van der Waals surface area contributed by atoms with Crippen molar-refractivity contribution < 1.29 is 0 Å². The molecule has 54 heavy (non-hydrogen) atoms. The van der Waals surface area contributed by atoms with Crippen LogP contribution in [0.25, 0.3) is 66.2 Å². The van der Waals surface area contributed by atoms with Gasteiger partial charge in [-0.25, -0.2) is 0 Å². The quantitative estimate of drug-likeness (QED) is 0.179. The molecule has 11 rings (SSSR count). The summed E-state index contributed by atoms with van der Waals surface area (Å²) >= 11 is 0. The molecule has 0 amide bonds. The fourth-order valence-corrected chi connectivity index (χ4v) is 9.17. The van der Waals surface area contributed by atoms with E-state index in [2.05, 4.69) is 198 Å². The highest BCUT2D eigenvalue weighted by atomic mass is 15.1. The van der Waals surface area contributed by atoms with E-state index in [1.165, 1.54) is 55.0 Å². The first kappa shape index (κ1) is 30.7. The van der Waals surface area contributed by atoms with Gasteiger partial charge in [-0.05, 0) is 113 Å². The lowest BCUT2D eigenvalue weighted by molar-refractivity contribution is 0.664. The molecule has 3 aromatic heterocycles. The molecule has 0 fully saturated rings. The normalized spacial score (nSPS) is 13.1. The maximum atomic E-state index is 4.94. The van der Waals surface area contributed by atoms with Crippen LogP contribution in [0.15, 0.2) is 182 Å². The molecule has 0 radical (unpaired) electrons. The molecule has 3 heterocycles. The van der Waals surface area contributed by atoms with Crippen LogP contribution in [0.5, 0.6) is 0 Å². The van der Waals surface area contributed by atoms with Crippen LogP contribution in [0.2, 0.25) is 0 Å². The Morgan fingerprint density at radius 1 is 0.463 bits per heavy atom. The first-order valence-corrected chi connectivity index (χ1v) is 18.6. The predicted molar refractivity (Wildman–Crippen MR) is 225 cm³/mol. The number of hydrogen-bond donors (Lipinski definition) is 0. The van der Waals surface area contributed by atoms with Gasteiger partial charge in [-0.2, -0.15) is 0 Å². The Morgan fingerprint density at radius 2 is 1.11 bits per heavy atom. The molecule has 0 atom stereocenters. The third-order valence-electron chi connectivity index (χ3n) is 11.5. The molecule has 1 aliphatic carbocycles. The molecule has 0 aliphatic heterocycles. The van der Waals surface area contributed by atoms with Gasteiger partial charge in [0.1, 0.15) is 0 Å². The average molecular weight is 693 g/mol. The van der Waals surface area contributed by atoms with Crippen molar-refractivity contribution in [3.05, 3.63) is 193 Å². The average Bonchev–Trinajstić information content (AvgIpc) is 3.82. The largest absolute Gasteiger partial charge is 0.310 e. The SMILES string of the molecule is CC1(C)c2ccccc2-c2ccc3c4ncccc4n(-c4ccc(N(c5ccccc5)c5ccc6c(c5)c5ccccc5n6-c5ccccc5)cc4)c3c21. The highest BCUT2D eigenvalue weighted by Gasteiger charge is 2.38. The number of anilines is 3. The van der Waals surface area contributed by atoms with Gasteiger partial charge in [-0.1, -0.05) is 98.8 Å². The van der Waals surface area contributed by atoms with Gasteiger partial charge in [0.25, 0.3) is 0 Å². The minimum absolute atomic E-state index is 0.163. The Balaban J connectivity index is 1.10. The Hall–Kier alpha value is -6.91. The van der Waals surface area contributed by atoms with E-state index in [1.54, 1.807) is 0 Å². The Bertz CT molecular complexity index is 3060. The minimum atomic E-state index is -0.163. The summed E-state index contributed by atoms with van der Waals surface area (Å²) < 4.78 is 4.80. The monoisotopic (exact) mass is 692 g/mol. The molecule has 4 heteroatoms. The van der Waals surface area contributed by atoms with Crippen LogP contribution in [0.1, 0.15) is 25.0 Å². The van der Waals surface area contributed by atoms with E-state index in [-0.39, 0.29) is 5.41 Å². The molecule has 10 aromatic rings. The van der Waals surface area contributed by atoms with Crippen LogP contribution in [-0.2, 0) is 5.41 Å². The van der Waals surface area contributed by atoms with Crippen molar-refractivity contribution in [1.82, 2.24) is 14.1 Å². The van der Waals surface area contributed by atoms with E-state index >= 15 is 0 Å². The van der Waals surface area contributed by atoms with Gasteiger partial charge in [-0.15, -0.1) is 0 Å². The van der Waals surface area contributed by atoms with E-state index in [9.17, 15) is 0 Å². The number of pyridine rings is 1. The maximum absolute atomic E-state index is 4.94. The molecule has 0 spiro atoms. The number of fused-ring (bicyclic) bond motifs is 10. The molecule has 0 saturated heterocycles. The second kappa shape index (κ2) is 11.5. The van der Waals surface area contributed by atoms with Gasteiger partial charge in [0.2, 0.25) is 0 Å². The molecule has 256 valence electrons. The zero-order chi connectivity index (χ0) is 36.0. The highest BCUT2D eigenvalue weighted by molar-refractivity contribution is 6.12. The summed E-state index contributed by atoms with van der Waals surface area (Å²) in [6, 6.07) is 63.7. The number of nitrogens with zero attached hydrogens (tertiary/aromatic N) is 4. The van der Waals surface area contributed by atoms with Crippen molar-refractivity contribution in [2.75, 3.05) is 4.90 Å². The smallest absolute Gasteiger partial charge is 0.0963 e. The summed E-state index contributed by atoms with van der Waals surface area (Å²) in [6.07, 6.45) is 1.91. The maximum Gasteiger partial charge on any atom is 0.0963 e. The summed E-state index contributed by atoms with van der Waals surface area (Å²) in [5, 5.41) is 3.64. The standard InChI is InChI=1S/C50H36N4/c1-50(2)43-20-11-9-18-38(43)40-28-29-41-48-46(22-13-31-51-48)54(49(41)47(40)50)36-25-23-35(24-26-36)52(33-14-5-3-6-15-33)37-27-30-45-42(32-37)39-19-10-12-21-44(39)53(45)34-16-7-4-8-17-34/h3-32H,1-2H3. The Morgan fingerprint density at radius 3 is 1.94 bits per heavy atom. The second-order valence-corrected chi connectivity index (χ2v) is 14.8. The Labute approximate surface area is 313 Å². The number of para-hydroxylation sites is 3. The first-order chi connectivity index (χ1) is 26.6. The van der Waals surface area contributed by atoms with Crippen LogP contribution in [0.3, 0.4) is 0 Å². The van der Waals surface area contributed by atoms with Gasteiger partial charge in [0.05, 0.1) is 27.6 Å². The van der Waals surface area contributed by atoms with Gasteiger partial charge >= 0.3 is 0 Å². The van der Waals surface area contributed by atoms with Gasteiger partial charge in [-0.3, -0.25) is 4.98 Å². The summed E-state index contributed by atoms with van der Waals surface area (Å²) in [4.78, 5) is 7.30. The number of rotatable bonds is 5. The molecule has 1 aliphatic rings. The molecular formula is C50H36N4. The van der Waals surface area contributed by atoms with Crippen LogP contribution in [-0.4, -0.2) is 14.1 Å². The van der Waals surface area contributed by atoms with Gasteiger partial charge < -0.3 is 14.0 Å². The highest BCUT2D eigenvalue weighted by Crippen LogP contribution is 2.53. The summed E-state index contributed by atoms with van der Waals surface area (Å²) in [5.41, 5.74) is 16.5. The molecule has 7 aromatic carbocycles. The van der Waals surface area contributed by atoms with Crippen LogP contribution in [0, 0.1) is 0 Å². The fraction of sp³-hybridized carbons (Fsp3) is 0.0600. The summed E-state index contributed by atoms with van der Waals surface area (Å²) in [5.74, 6) is 0. The minimum Gasteiger partial charge on any atom is -0.310 e. The summed E-state index contributed by atoms with van der Waals surface area (Å²) in [6.45, 7) is 4.73. The second-order valence-electron chi connectivity index (χ2n) is 14.8. The van der Waals surface area contributed by atoms with E-state index in [4.69, 9.17) is 4.98 Å². The van der Waals surface area contributed by atoms with Crippen molar-refractivity contribution in [3.63, 3.8) is 0 Å². The predicted octanol–water partition coefficient (Wildman–Crippen LogP) is 13.1. The van der Waals surface area contributed by atoms with Gasteiger partial charge in [0, 0.05) is 56.2 Å². The third-order valence-corrected chi connectivity index (χ3v) is 11.5. The van der Waals surface area contributed by atoms with Crippen molar-refractivity contribution in [2.24, 2.45) is 0 Å². The van der Waals surface area contributed by atoms with Crippen molar-refractivity contribution in [2.45, 2.75) is 19.3 Å². The van der Waals surface area contributed by atoms with Crippen molar-refractivity contribution >= 4 is 60.8 Å². The number of hydrogen-bond acceptors (Lipinski definition) is 2. The van der Waals surface area contributed by atoms with E-state index in [0.29, 0.717) is 0 Å². The van der Waals surface area contributed by atoms with E-state index < -0.39 is 0 Å². The molecule has 0 saturated carbocycles. The molecule has 4 nitrogen and oxygen atoms in total. The molecule has 0 N–H and O–H groups in total. The zero-order valence-corrected chi connectivity index (χ0v) is 30.1. The van der Waals surface area contributed by atoms with Crippen molar-refractivity contribution in [1.29, 1.82) is 0 Å². The number of benzene rings is 7. The molecule has 0 unspecified atom stereocenters. The zero-order valence-electron chi connectivity index (χ0n) is 30.1. The first-order valence-electron chi connectivity index (χ1n) is 18.6. The molecular weight excluding hydrogens is 657 g/mol. The lowest BCUT2D eigenvalue weighted by Gasteiger charge is -2.26. The van der Waals surface area contributed by atoms with Crippen LogP contribution < -0.4 is 4.90 Å². The van der Waals surface area contributed by atoms with Crippen LogP contribution >= 0.6 is 0 Å².